The van der Waals surface area contributed by atoms with Gasteiger partial charge in [-0.25, -0.2) is 0 Å². The van der Waals surface area contributed by atoms with Gasteiger partial charge in [0.25, 0.3) is 5.91 Å². The average molecular weight is 391 g/mol. The second-order valence-electron chi connectivity index (χ2n) is 6.40. The smallest absolute Gasteiger partial charge is 0.251 e. The van der Waals surface area contributed by atoms with Crippen LogP contribution in [0.4, 0.5) is 0 Å². The van der Waals surface area contributed by atoms with Gasteiger partial charge in [-0.15, -0.1) is 0 Å². The maximum Gasteiger partial charge on any atom is 0.251 e. The lowest BCUT2D eigenvalue weighted by Crippen LogP contribution is -2.32. The van der Waals surface area contributed by atoms with E-state index in [1.54, 1.807) is 27.3 Å². The molecule has 6 heteroatoms. The molecule has 2 atom stereocenters. The minimum atomic E-state index is -0.129. The van der Waals surface area contributed by atoms with Crippen molar-refractivity contribution in [3.05, 3.63) is 64.2 Å². The van der Waals surface area contributed by atoms with Gasteiger partial charge in [0.05, 0.1) is 13.2 Å². The molecule has 2 unspecified atom stereocenters. The lowest BCUT2D eigenvalue weighted by atomic mass is 10.0. The second-order valence-corrected chi connectivity index (χ2v) is 6.83. The second kappa shape index (κ2) is 10.3. The van der Waals surface area contributed by atoms with E-state index in [0.717, 1.165) is 17.5 Å². The monoisotopic (exact) mass is 390 g/mol. The highest BCUT2D eigenvalue weighted by atomic mass is 35.5. The van der Waals surface area contributed by atoms with E-state index in [1.807, 2.05) is 36.4 Å². The first kappa shape index (κ1) is 21.2. The number of hydrogen-bond donors (Lipinski definition) is 2. The summed E-state index contributed by atoms with van der Waals surface area (Å²) >= 11 is 6.08. The SMILES string of the molecule is CNC(=O)c1ccc(CC(C)NCC(OC)c2cccc(Cl)c2)c(OC)c1. The molecule has 0 aromatic heterocycles. The fraction of sp³-hybridized carbons (Fsp3) is 0.381. The Kier molecular flexibility index (Phi) is 8.10. The van der Waals surface area contributed by atoms with Crippen molar-refractivity contribution >= 4 is 17.5 Å². The van der Waals surface area contributed by atoms with Gasteiger partial charge < -0.3 is 20.1 Å². The molecule has 146 valence electrons. The highest BCUT2D eigenvalue weighted by Gasteiger charge is 2.15. The Balaban J connectivity index is 2.00. The van der Waals surface area contributed by atoms with Crippen molar-refractivity contribution in [2.75, 3.05) is 27.8 Å². The molecule has 5 nitrogen and oxygen atoms in total. The van der Waals surface area contributed by atoms with E-state index in [2.05, 4.69) is 17.6 Å². The molecule has 0 aliphatic rings. The van der Waals surface area contributed by atoms with Crippen molar-refractivity contribution in [2.24, 2.45) is 0 Å². The number of rotatable bonds is 9. The Hall–Kier alpha value is -2.08. The van der Waals surface area contributed by atoms with Crippen LogP contribution in [0.1, 0.15) is 34.5 Å². The molecule has 0 saturated carbocycles. The summed E-state index contributed by atoms with van der Waals surface area (Å²) in [7, 11) is 4.92. The van der Waals surface area contributed by atoms with Crippen LogP contribution in [-0.4, -0.2) is 39.8 Å². The van der Waals surface area contributed by atoms with Crippen molar-refractivity contribution in [1.29, 1.82) is 0 Å². The zero-order valence-corrected chi connectivity index (χ0v) is 17.0. The molecule has 2 aromatic rings. The summed E-state index contributed by atoms with van der Waals surface area (Å²) < 4.78 is 11.1. The topological polar surface area (TPSA) is 59.6 Å². The molecule has 0 saturated heterocycles. The maximum atomic E-state index is 11.8. The largest absolute Gasteiger partial charge is 0.496 e. The number of amides is 1. The first-order valence-corrected chi connectivity index (χ1v) is 9.27. The molecular formula is C21H27ClN2O3. The fourth-order valence-electron chi connectivity index (χ4n) is 2.95. The zero-order chi connectivity index (χ0) is 19.8. The zero-order valence-electron chi connectivity index (χ0n) is 16.2. The third-order valence-electron chi connectivity index (χ3n) is 4.46. The number of halogens is 1. The standard InChI is InChI=1S/C21H27ClN2O3/c1-14(24-13-20(27-4)15-6-5-7-18(22)11-15)10-16-8-9-17(21(25)23-2)12-19(16)26-3/h5-9,11-12,14,20,24H,10,13H2,1-4H3,(H,23,25). The summed E-state index contributed by atoms with van der Waals surface area (Å²) in [5, 5.41) is 6.82. The van der Waals surface area contributed by atoms with Gasteiger partial charge in [0.1, 0.15) is 5.75 Å². The molecule has 2 N–H and O–H groups in total. The highest BCUT2D eigenvalue weighted by molar-refractivity contribution is 6.30. The quantitative estimate of drug-likeness (QED) is 0.686. The molecule has 2 rings (SSSR count). The van der Waals surface area contributed by atoms with Gasteiger partial charge in [-0.2, -0.15) is 0 Å². The Morgan fingerprint density at radius 1 is 1.19 bits per heavy atom. The summed E-state index contributed by atoms with van der Waals surface area (Å²) in [4.78, 5) is 11.8. The molecule has 0 heterocycles. The Labute approximate surface area is 166 Å². The predicted octanol–water partition coefficient (Wildman–Crippen LogP) is 3.62. The van der Waals surface area contributed by atoms with E-state index in [1.165, 1.54) is 0 Å². The van der Waals surface area contributed by atoms with Gasteiger partial charge in [0.15, 0.2) is 0 Å². The summed E-state index contributed by atoms with van der Waals surface area (Å²) in [6.45, 7) is 2.77. The minimum Gasteiger partial charge on any atom is -0.496 e. The van der Waals surface area contributed by atoms with Crippen LogP contribution in [0.25, 0.3) is 0 Å². The molecule has 0 aliphatic heterocycles. The van der Waals surface area contributed by atoms with Gasteiger partial charge in [-0.1, -0.05) is 29.8 Å². The van der Waals surface area contributed by atoms with Crippen LogP contribution in [0.15, 0.2) is 42.5 Å². The van der Waals surface area contributed by atoms with E-state index in [-0.39, 0.29) is 18.1 Å². The summed E-state index contributed by atoms with van der Waals surface area (Å²) in [5.74, 6) is 0.582. The first-order valence-electron chi connectivity index (χ1n) is 8.89. The van der Waals surface area contributed by atoms with Crippen LogP contribution in [0.2, 0.25) is 5.02 Å². The molecule has 0 spiro atoms. The summed E-state index contributed by atoms with van der Waals surface area (Å²) in [5.41, 5.74) is 2.67. The number of carbonyl (C=O) groups is 1. The van der Waals surface area contributed by atoms with Crippen LogP contribution in [0.3, 0.4) is 0 Å². The van der Waals surface area contributed by atoms with Crippen LogP contribution in [-0.2, 0) is 11.2 Å². The van der Waals surface area contributed by atoms with Crippen molar-refractivity contribution in [1.82, 2.24) is 10.6 Å². The van der Waals surface area contributed by atoms with Gasteiger partial charge >= 0.3 is 0 Å². The van der Waals surface area contributed by atoms with Crippen LogP contribution >= 0.6 is 11.6 Å². The molecule has 0 radical (unpaired) electrons. The lowest BCUT2D eigenvalue weighted by Gasteiger charge is -2.21. The Morgan fingerprint density at radius 3 is 2.59 bits per heavy atom. The Bertz CT molecular complexity index is 767. The van der Waals surface area contributed by atoms with Crippen LogP contribution in [0.5, 0.6) is 5.75 Å². The highest BCUT2D eigenvalue weighted by Crippen LogP contribution is 2.23. The minimum absolute atomic E-state index is 0.0799. The van der Waals surface area contributed by atoms with Crippen molar-refractivity contribution in [3.63, 3.8) is 0 Å². The molecular weight excluding hydrogens is 364 g/mol. The lowest BCUT2D eigenvalue weighted by molar-refractivity contribution is 0.0962. The van der Waals surface area contributed by atoms with Gasteiger partial charge in [-0.3, -0.25) is 4.79 Å². The number of hydrogen-bond acceptors (Lipinski definition) is 4. The molecule has 0 aliphatic carbocycles. The third-order valence-corrected chi connectivity index (χ3v) is 4.69. The van der Waals surface area contributed by atoms with Crippen LogP contribution < -0.4 is 15.4 Å². The van der Waals surface area contributed by atoms with Crippen molar-refractivity contribution < 1.29 is 14.3 Å². The van der Waals surface area contributed by atoms with Gasteiger partial charge in [-0.05, 0) is 48.7 Å². The molecule has 27 heavy (non-hydrogen) atoms. The van der Waals surface area contributed by atoms with Crippen molar-refractivity contribution in [3.8, 4) is 5.75 Å². The summed E-state index contributed by atoms with van der Waals surface area (Å²) in [6, 6.07) is 13.4. The van der Waals surface area contributed by atoms with E-state index in [9.17, 15) is 4.79 Å². The molecule has 0 bridgehead atoms. The Morgan fingerprint density at radius 2 is 1.96 bits per heavy atom. The van der Waals surface area contributed by atoms with E-state index in [0.29, 0.717) is 22.9 Å². The third kappa shape index (κ3) is 5.96. The van der Waals surface area contributed by atoms with Crippen LogP contribution in [0, 0.1) is 0 Å². The van der Waals surface area contributed by atoms with Gasteiger partial charge in [0.2, 0.25) is 0 Å². The molecule has 1 amide bonds. The van der Waals surface area contributed by atoms with Gasteiger partial charge in [0, 0.05) is 37.3 Å². The fourth-order valence-corrected chi connectivity index (χ4v) is 3.15. The normalized spacial score (nSPS) is 13.1. The number of ether oxygens (including phenoxy) is 2. The maximum absolute atomic E-state index is 11.8. The number of benzene rings is 2. The molecule has 0 fully saturated rings. The first-order chi connectivity index (χ1) is 13.0. The van der Waals surface area contributed by atoms with E-state index in [4.69, 9.17) is 21.1 Å². The van der Waals surface area contributed by atoms with Crippen molar-refractivity contribution in [2.45, 2.75) is 25.5 Å². The predicted molar refractivity (Wildman–Crippen MR) is 109 cm³/mol. The van der Waals surface area contributed by atoms with E-state index < -0.39 is 0 Å². The number of carbonyl (C=O) groups excluding carboxylic acids is 1. The number of nitrogens with one attached hydrogen (secondary N) is 2. The average Bonchev–Trinajstić information content (AvgIpc) is 2.68. The number of methoxy groups -OCH3 is 2. The van der Waals surface area contributed by atoms with E-state index >= 15 is 0 Å². The summed E-state index contributed by atoms with van der Waals surface area (Å²) in [6.07, 6.45) is 0.687. The molecule has 2 aromatic carbocycles.